The van der Waals surface area contributed by atoms with Crippen LogP contribution in [-0.2, 0) is 18.4 Å². The fourth-order valence-corrected chi connectivity index (χ4v) is 2.19. The number of halogens is 3. The smallest absolute Gasteiger partial charge is 0.349 e. The van der Waals surface area contributed by atoms with E-state index >= 15 is 0 Å². The van der Waals surface area contributed by atoms with Gasteiger partial charge in [-0.15, -0.1) is 0 Å². The van der Waals surface area contributed by atoms with Crippen molar-refractivity contribution < 1.29 is 18.0 Å². The van der Waals surface area contributed by atoms with Crippen LogP contribution in [0.25, 0.3) is 11.0 Å². The molecule has 2 aromatic rings. The van der Waals surface area contributed by atoms with Gasteiger partial charge in [0.05, 0.1) is 24.0 Å². The van der Waals surface area contributed by atoms with Crippen molar-refractivity contribution in [2.45, 2.75) is 32.5 Å². The van der Waals surface area contributed by atoms with Gasteiger partial charge in [-0.3, -0.25) is 4.79 Å². The largest absolute Gasteiger partial charge is 0.389 e. The predicted octanol–water partition coefficient (Wildman–Crippen LogP) is 2.84. The Hall–Kier alpha value is -2.05. The zero-order valence-electron chi connectivity index (χ0n) is 11.8. The molecular weight excluding hydrogens is 283 g/mol. The molecule has 4 nitrogen and oxygen atoms in total. The van der Waals surface area contributed by atoms with E-state index in [1.807, 2.05) is 36.7 Å². The lowest BCUT2D eigenvalue weighted by molar-refractivity contribution is -0.144. The van der Waals surface area contributed by atoms with Gasteiger partial charge in [0.2, 0.25) is 5.91 Å². The molecule has 21 heavy (non-hydrogen) atoms. The molecular formula is C14H16F3N3O. The van der Waals surface area contributed by atoms with Crippen LogP contribution in [0.15, 0.2) is 18.2 Å². The number of carbonyl (C=O) groups is 1. The monoisotopic (exact) mass is 299 g/mol. The van der Waals surface area contributed by atoms with Crippen molar-refractivity contribution in [3.8, 4) is 0 Å². The van der Waals surface area contributed by atoms with Crippen molar-refractivity contribution in [2.24, 2.45) is 7.05 Å². The molecule has 2 rings (SSSR count). The van der Waals surface area contributed by atoms with Gasteiger partial charge in [-0.25, -0.2) is 4.98 Å². The highest BCUT2D eigenvalue weighted by atomic mass is 19.4. The molecule has 1 aromatic carbocycles. The van der Waals surface area contributed by atoms with Gasteiger partial charge in [0.1, 0.15) is 5.82 Å². The zero-order chi connectivity index (χ0) is 15.6. The number of hydrogen-bond acceptors (Lipinski definition) is 2. The summed E-state index contributed by atoms with van der Waals surface area (Å²) in [6.07, 6.45) is -5.99. The highest BCUT2D eigenvalue weighted by molar-refractivity contribution is 5.80. The second-order valence-corrected chi connectivity index (χ2v) is 4.92. The summed E-state index contributed by atoms with van der Waals surface area (Å²) in [5.41, 5.74) is 2.81. The second kappa shape index (κ2) is 5.75. The number of aromatic nitrogens is 2. The van der Waals surface area contributed by atoms with Gasteiger partial charge < -0.3 is 9.88 Å². The summed E-state index contributed by atoms with van der Waals surface area (Å²) in [5, 5.41) is 2.47. The Morgan fingerprint density at radius 3 is 2.71 bits per heavy atom. The molecule has 0 unspecified atom stereocenters. The highest BCUT2D eigenvalue weighted by Gasteiger charge is 2.27. The number of rotatable bonds is 4. The number of nitrogens with one attached hydrogen (secondary N) is 1. The molecule has 0 saturated heterocycles. The van der Waals surface area contributed by atoms with Crippen LogP contribution in [0.3, 0.4) is 0 Å². The van der Waals surface area contributed by atoms with E-state index < -0.39 is 24.9 Å². The number of carbonyl (C=O) groups excluding carboxylic acids is 1. The Labute approximate surface area is 120 Å². The normalized spacial score (nSPS) is 11.9. The average Bonchev–Trinajstić information content (AvgIpc) is 2.71. The zero-order valence-corrected chi connectivity index (χ0v) is 11.8. The first-order chi connectivity index (χ1) is 9.78. The van der Waals surface area contributed by atoms with Crippen molar-refractivity contribution >= 4 is 16.9 Å². The Balaban J connectivity index is 2.03. The summed E-state index contributed by atoms with van der Waals surface area (Å²) < 4.78 is 37.9. The first kappa shape index (κ1) is 15.3. The van der Waals surface area contributed by atoms with E-state index in [2.05, 4.69) is 10.3 Å². The van der Waals surface area contributed by atoms with Crippen LogP contribution >= 0.6 is 0 Å². The lowest BCUT2D eigenvalue weighted by atomic mass is 10.2. The molecule has 1 N–H and O–H groups in total. The molecule has 0 aliphatic carbocycles. The number of fused-ring (bicyclic) bond motifs is 1. The Bertz CT molecular complexity index is 661. The SMILES string of the molecule is Cc1cccc2nc(CNC(=O)CCC(F)(F)F)n(C)c12. The number of hydrogen-bond donors (Lipinski definition) is 1. The minimum atomic E-state index is -4.31. The van der Waals surface area contributed by atoms with E-state index in [0.29, 0.717) is 5.82 Å². The maximum Gasteiger partial charge on any atom is 0.389 e. The van der Waals surface area contributed by atoms with E-state index in [4.69, 9.17) is 0 Å². The lowest BCUT2D eigenvalue weighted by Crippen LogP contribution is -2.25. The molecule has 0 fully saturated rings. The van der Waals surface area contributed by atoms with Crippen molar-refractivity contribution in [2.75, 3.05) is 0 Å². The number of amides is 1. The van der Waals surface area contributed by atoms with Gasteiger partial charge in [0.25, 0.3) is 0 Å². The van der Waals surface area contributed by atoms with Gasteiger partial charge in [0.15, 0.2) is 0 Å². The fourth-order valence-electron chi connectivity index (χ4n) is 2.19. The number of para-hydroxylation sites is 1. The van der Waals surface area contributed by atoms with Crippen LogP contribution in [-0.4, -0.2) is 21.6 Å². The molecule has 0 radical (unpaired) electrons. The lowest BCUT2D eigenvalue weighted by Gasteiger charge is -2.08. The van der Waals surface area contributed by atoms with E-state index in [0.717, 1.165) is 16.6 Å². The van der Waals surface area contributed by atoms with Gasteiger partial charge in [-0.1, -0.05) is 12.1 Å². The van der Waals surface area contributed by atoms with Gasteiger partial charge in [0, 0.05) is 13.5 Å². The molecule has 0 aliphatic rings. The maximum atomic E-state index is 12.0. The summed E-state index contributed by atoms with van der Waals surface area (Å²) >= 11 is 0. The van der Waals surface area contributed by atoms with Crippen LogP contribution in [0.1, 0.15) is 24.2 Å². The van der Waals surface area contributed by atoms with Crippen molar-refractivity contribution in [3.63, 3.8) is 0 Å². The summed E-state index contributed by atoms with van der Waals surface area (Å²) in [7, 11) is 1.82. The molecule has 1 heterocycles. The molecule has 1 amide bonds. The molecule has 0 spiro atoms. The van der Waals surface area contributed by atoms with E-state index in [-0.39, 0.29) is 6.54 Å². The molecule has 114 valence electrons. The Kier molecular flexibility index (Phi) is 4.20. The van der Waals surface area contributed by atoms with Crippen LogP contribution in [0.4, 0.5) is 13.2 Å². The maximum absolute atomic E-state index is 12.0. The first-order valence-electron chi connectivity index (χ1n) is 6.52. The van der Waals surface area contributed by atoms with Crippen LogP contribution < -0.4 is 5.32 Å². The number of aryl methyl sites for hydroxylation is 2. The summed E-state index contributed by atoms with van der Waals surface area (Å²) in [4.78, 5) is 15.8. The number of alkyl halides is 3. The van der Waals surface area contributed by atoms with Crippen molar-refractivity contribution in [1.29, 1.82) is 0 Å². The average molecular weight is 299 g/mol. The standard InChI is InChI=1S/C14H16F3N3O/c1-9-4-3-5-10-13(9)20(2)11(19-10)8-18-12(21)6-7-14(15,16)17/h3-5H,6-8H2,1-2H3,(H,18,21). The molecule has 7 heteroatoms. The number of imidazole rings is 1. The Morgan fingerprint density at radius 2 is 2.10 bits per heavy atom. The first-order valence-corrected chi connectivity index (χ1v) is 6.52. The number of benzene rings is 1. The predicted molar refractivity (Wildman–Crippen MR) is 72.6 cm³/mol. The highest BCUT2D eigenvalue weighted by Crippen LogP contribution is 2.21. The van der Waals surface area contributed by atoms with Crippen LogP contribution in [0, 0.1) is 6.92 Å². The van der Waals surface area contributed by atoms with Crippen LogP contribution in [0.5, 0.6) is 0 Å². The van der Waals surface area contributed by atoms with E-state index in [1.165, 1.54) is 0 Å². The quantitative estimate of drug-likeness (QED) is 0.943. The molecule has 0 bridgehead atoms. The minimum Gasteiger partial charge on any atom is -0.349 e. The summed E-state index contributed by atoms with van der Waals surface area (Å²) in [6.45, 7) is 2.07. The van der Waals surface area contributed by atoms with Crippen molar-refractivity contribution in [1.82, 2.24) is 14.9 Å². The second-order valence-electron chi connectivity index (χ2n) is 4.92. The third-order valence-electron chi connectivity index (χ3n) is 3.27. The molecule has 0 saturated carbocycles. The van der Waals surface area contributed by atoms with Gasteiger partial charge in [-0.2, -0.15) is 13.2 Å². The fraction of sp³-hybridized carbons (Fsp3) is 0.429. The van der Waals surface area contributed by atoms with E-state index in [9.17, 15) is 18.0 Å². The van der Waals surface area contributed by atoms with Gasteiger partial charge >= 0.3 is 6.18 Å². The minimum absolute atomic E-state index is 0.112. The topological polar surface area (TPSA) is 46.9 Å². The molecule has 0 aliphatic heterocycles. The van der Waals surface area contributed by atoms with Crippen molar-refractivity contribution in [3.05, 3.63) is 29.6 Å². The number of nitrogens with zero attached hydrogens (tertiary/aromatic N) is 2. The third-order valence-corrected chi connectivity index (χ3v) is 3.27. The summed E-state index contributed by atoms with van der Waals surface area (Å²) in [5.74, 6) is -0.0178. The third kappa shape index (κ3) is 3.74. The van der Waals surface area contributed by atoms with E-state index in [1.54, 1.807) is 0 Å². The van der Waals surface area contributed by atoms with Crippen LogP contribution in [0.2, 0.25) is 0 Å². The molecule has 1 aromatic heterocycles. The van der Waals surface area contributed by atoms with Gasteiger partial charge in [-0.05, 0) is 18.6 Å². The molecule has 0 atom stereocenters. The Morgan fingerprint density at radius 1 is 1.38 bits per heavy atom. The summed E-state index contributed by atoms with van der Waals surface area (Å²) in [6, 6.07) is 5.70.